The first kappa shape index (κ1) is 10.4. The summed E-state index contributed by atoms with van der Waals surface area (Å²) >= 11 is 0. The lowest BCUT2D eigenvalue weighted by molar-refractivity contribution is -0.120. The third kappa shape index (κ3) is 7.29. The lowest BCUT2D eigenvalue weighted by Crippen LogP contribution is -2.21. The molecule has 0 aliphatic carbocycles. The Balaban J connectivity index is 2.95. The van der Waals surface area contributed by atoms with Crippen molar-refractivity contribution in [2.75, 3.05) is 20.2 Å². The van der Waals surface area contributed by atoms with E-state index in [-0.39, 0.29) is 5.91 Å². The van der Waals surface area contributed by atoms with Crippen LogP contribution in [0.25, 0.3) is 0 Å². The molecule has 4 nitrogen and oxygen atoms in total. The number of hydrogen-bond donors (Lipinski definition) is 2. The van der Waals surface area contributed by atoms with Gasteiger partial charge in [-0.15, -0.1) is 0 Å². The lowest BCUT2D eigenvalue weighted by atomic mass is 10.3. The highest BCUT2D eigenvalue weighted by atomic mass is 16.6. The van der Waals surface area contributed by atoms with Crippen LogP contribution >= 0.6 is 0 Å². The van der Waals surface area contributed by atoms with Gasteiger partial charge >= 0.3 is 0 Å². The standard InChI is InChI=1S/C7H16N2O2/c1-3-11-9-6-4-5-7(10)8-2/h9H,3-6H2,1-2H3,(H,8,10). The van der Waals surface area contributed by atoms with Gasteiger partial charge < -0.3 is 10.2 Å². The summed E-state index contributed by atoms with van der Waals surface area (Å²) in [4.78, 5) is 15.5. The number of carbonyl (C=O) groups is 1. The molecular weight excluding hydrogens is 144 g/mol. The number of rotatable bonds is 6. The number of hydroxylamine groups is 1. The van der Waals surface area contributed by atoms with Gasteiger partial charge in [0.05, 0.1) is 6.61 Å². The minimum absolute atomic E-state index is 0.0725. The molecule has 0 saturated heterocycles. The molecule has 0 aliphatic rings. The predicted octanol–water partition coefficient (Wildman–Crippen LogP) is 0.0537. The minimum atomic E-state index is 0.0725. The zero-order valence-corrected chi connectivity index (χ0v) is 7.14. The summed E-state index contributed by atoms with van der Waals surface area (Å²) < 4.78 is 0. The third-order valence-corrected chi connectivity index (χ3v) is 1.21. The van der Waals surface area contributed by atoms with Gasteiger partial charge in [-0.25, -0.2) is 5.48 Å². The van der Waals surface area contributed by atoms with Crippen LogP contribution in [-0.4, -0.2) is 26.1 Å². The van der Waals surface area contributed by atoms with E-state index in [0.717, 1.165) is 13.0 Å². The second-order valence-electron chi connectivity index (χ2n) is 2.10. The Hall–Kier alpha value is -0.610. The average Bonchev–Trinajstić information content (AvgIpc) is 2.04. The highest BCUT2D eigenvalue weighted by molar-refractivity contribution is 5.75. The first-order valence-electron chi connectivity index (χ1n) is 3.86. The van der Waals surface area contributed by atoms with Crippen molar-refractivity contribution in [1.82, 2.24) is 10.8 Å². The zero-order chi connectivity index (χ0) is 8.53. The summed E-state index contributed by atoms with van der Waals surface area (Å²) in [5, 5.41) is 2.55. The lowest BCUT2D eigenvalue weighted by Gasteiger charge is -2.02. The quantitative estimate of drug-likeness (QED) is 0.426. The van der Waals surface area contributed by atoms with Gasteiger partial charge in [0.2, 0.25) is 5.91 Å². The van der Waals surface area contributed by atoms with Crippen molar-refractivity contribution in [2.24, 2.45) is 0 Å². The zero-order valence-electron chi connectivity index (χ0n) is 7.14. The van der Waals surface area contributed by atoms with Crippen molar-refractivity contribution in [3.05, 3.63) is 0 Å². The maximum absolute atomic E-state index is 10.7. The Morgan fingerprint density at radius 3 is 2.82 bits per heavy atom. The molecule has 0 aliphatic heterocycles. The van der Waals surface area contributed by atoms with E-state index in [0.29, 0.717) is 13.0 Å². The Morgan fingerprint density at radius 1 is 1.55 bits per heavy atom. The molecule has 1 amide bonds. The molecule has 0 aromatic carbocycles. The van der Waals surface area contributed by atoms with Gasteiger partial charge in [-0.2, -0.15) is 0 Å². The maximum Gasteiger partial charge on any atom is 0.219 e. The molecule has 0 saturated carbocycles. The van der Waals surface area contributed by atoms with Gasteiger partial charge in [-0.3, -0.25) is 4.79 Å². The number of nitrogens with one attached hydrogen (secondary N) is 2. The molecule has 0 rings (SSSR count). The highest BCUT2D eigenvalue weighted by Crippen LogP contribution is 1.85. The maximum atomic E-state index is 10.7. The van der Waals surface area contributed by atoms with Gasteiger partial charge in [0.15, 0.2) is 0 Å². The molecule has 0 aromatic heterocycles. The van der Waals surface area contributed by atoms with Crippen LogP contribution in [-0.2, 0) is 9.63 Å². The van der Waals surface area contributed by atoms with Crippen LogP contribution in [0.5, 0.6) is 0 Å². The van der Waals surface area contributed by atoms with Crippen molar-refractivity contribution in [3.63, 3.8) is 0 Å². The van der Waals surface area contributed by atoms with Crippen LogP contribution in [0.15, 0.2) is 0 Å². The van der Waals surface area contributed by atoms with Crippen molar-refractivity contribution in [3.8, 4) is 0 Å². The molecule has 0 atom stereocenters. The van der Waals surface area contributed by atoms with Gasteiger partial charge in [0.25, 0.3) is 0 Å². The summed E-state index contributed by atoms with van der Waals surface area (Å²) in [5.74, 6) is 0.0725. The normalized spacial score (nSPS) is 9.64. The fourth-order valence-corrected chi connectivity index (χ4v) is 0.620. The van der Waals surface area contributed by atoms with E-state index in [1.165, 1.54) is 0 Å². The van der Waals surface area contributed by atoms with E-state index in [1.54, 1.807) is 7.05 Å². The van der Waals surface area contributed by atoms with Crippen molar-refractivity contribution in [2.45, 2.75) is 19.8 Å². The number of carbonyl (C=O) groups excluding carboxylic acids is 1. The summed E-state index contributed by atoms with van der Waals surface area (Å²) in [6, 6.07) is 0. The number of hydrogen-bond acceptors (Lipinski definition) is 3. The third-order valence-electron chi connectivity index (χ3n) is 1.21. The van der Waals surface area contributed by atoms with E-state index >= 15 is 0 Å². The molecule has 0 radical (unpaired) electrons. The summed E-state index contributed by atoms with van der Waals surface area (Å²) in [6.45, 7) is 3.28. The topological polar surface area (TPSA) is 50.4 Å². The molecule has 0 bridgehead atoms. The number of amides is 1. The van der Waals surface area contributed by atoms with E-state index in [1.807, 2.05) is 6.92 Å². The molecule has 11 heavy (non-hydrogen) atoms. The van der Waals surface area contributed by atoms with Crippen LogP contribution in [0.2, 0.25) is 0 Å². The SMILES string of the molecule is CCONCCCC(=O)NC. The minimum Gasteiger partial charge on any atom is -0.359 e. The largest absolute Gasteiger partial charge is 0.359 e. The molecule has 4 heteroatoms. The molecular formula is C7H16N2O2. The summed E-state index contributed by atoms with van der Waals surface area (Å²) in [5.41, 5.74) is 2.73. The Morgan fingerprint density at radius 2 is 2.27 bits per heavy atom. The van der Waals surface area contributed by atoms with Crippen LogP contribution < -0.4 is 10.8 Å². The van der Waals surface area contributed by atoms with Crippen LogP contribution in [0.1, 0.15) is 19.8 Å². The Bertz CT molecular complexity index is 107. The molecule has 0 aromatic rings. The fraction of sp³-hybridized carbons (Fsp3) is 0.857. The molecule has 2 N–H and O–H groups in total. The second kappa shape index (κ2) is 7.50. The fourth-order valence-electron chi connectivity index (χ4n) is 0.620. The van der Waals surface area contributed by atoms with Crippen molar-refractivity contribution < 1.29 is 9.63 Å². The van der Waals surface area contributed by atoms with Crippen LogP contribution in [0.3, 0.4) is 0 Å². The van der Waals surface area contributed by atoms with E-state index in [9.17, 15) is 4.79 Å². The Labute approximate surface area is 67.3 Å². The van der Waals surface area contributed by atoms with Gasteiger partial charge in [0, 0.05) is 20.0 Å². The van der Waals surface area contributed by atoms with E-state index in [4.69, 9.17) is 4.84 Å². The van der Waals surface area contributed by atoms with Crippen LogP contribution in [0, 0.1) is 0 Å². The predicted molar refractivity (Wildman–Crippen MR) is 42.9 cm³/mol. The first-order valence-corrected chi connectivity index (χ1v) is 3.86. The van der Waals surface area contributed by atoms with Crippen LogP contribution in [0.4, 0.5) is 0 Å². The van der Waals surface area contributed by atoms with E-state index in [2.05, 4.69) is 10.8 Å². The summed E-state index contributed by atoms with van der Waals surface area (Å²) in [6.07, 6.45) is 1.36. The molecule has 66 valence electrons. The van der Waals surface area contributed by atoms with E-state index < -0.39 is 0 Å². The second-order valence-corrected chi connectivity index (χ2v) is 2.10. The average molecular weight is 160 g/mol. The molecule has 0 unspecified atom stereocenters. The first-order chi connectivity index (χ1) is 5.31. The highest BCUT2D eigenvalue weighted by Gasteiger charge is 1.95. The van der Waals surface area contributed by atoms with Crippen molar-refractivity contribution in [1.29, 1.82) is 0 Å². The molecule has 0 fully saturated rings. The smallest absolute Gasteiger partial charge is 0.219 e. The van der Waals surface area contributed by atoms with Crippen molar-refractivity contribution >= 4 is 5.91 Å². The Kier molecular flexibility index (Phi) is 7.08. The monoisotopic (exact) mass is 160 g/mol. The molecule has 0 heterocycles. The van der Waals surface area contributed by atoms with Gasteiger partial charge in [-0.05, 0) is 13.3 Å². The molecule has 0 spiro atoms. The van der Waals surface area contributed by atoms with Gasteiger partial charge in [0.1, 0.15) is 0 Å². The summed E-state index contributed by atoms with van der Waals surface area (Å²) in [7, 11) is 1.64. The van der Waals surface area contributed by atoms with Gasteiger partial charge in [-0.1, -0.05) is 0 Å².